The summed E-state index contributed by atoms with van der Waals surface area (Å²) >= 11 is 0.593. The van der Waals surface area contributed by atoms with Crippen LogP contribution in [0, 0.1) is 16.7 Å². The number of rotatable bonds is 8. The summed E-state index contributed by atoms with van der Waals surface area (Å²) in [6.07, 6.45) is -3.12. The lowest BCUT2D eigenvalue weighted by Crippen LogP contribution is -2.38. The van der Waals surface area contributed by atoms with E-state index in [9.17, 15) is 23.8 Å². The van der Waals surface area contributed by atoms with Crippen LogP contribution in [0.25, 0.3) is 22.3 Å². The number of H-pyrrole nitrogens is 1. The zero-order chi connectivity index (χ0) is 40.7. The average molecular weight is 857 g/mol. The molecule has 310 valence electrons. The number of aliphatic hydroxyl groups is 1. The quantitative estimate of drug-likeness (QED) is 0.112. The fraction of sp³-hybridized carbons (Fsp3) is 0.645. The van der Waals surface area contributed by atoms with Gasteiger partial charge in [-0.25, -0.2) is 29.1 Å². The summed E-state index contributed by atoms with van der Waals surface area (Å²) in [6.45, 7) is 1.20. The number of imidazole rings is 2. The molecule has 2 aliphatic heterocycles. The number of ether oxygens (including phenoxy) is 3. The van der Waals surface area contributed by atoms with Gasteiger partial charge in [-0.1, -0.05) is 0 Å². The number of esters is 1. The number of aromatic nitrogens is 8. The van der Waals surface area contributed by atoms with Crippen LogP contribution in [-0.4, -0.2) is 114 Å². The first-order valence-corrected chi connectivity index (χ1v) is 22.4. The molecule has 4 aromatic heterocycles. The largest absolute Gasteiger partial charge is 0.475 e. The Bertz CT molecular complexity index is 2360. The van der Waals surface area contributed by atoms with E-state index in [0.717, 1.165) is 0 Å². The summed E-state index contributed by atoms with van der Waals surface area (Å²) < 4.78 is 80.9. The van der Waals surface area contributed by atoms with Gasteiger partial charge in [0, 0.05) is 23.9 Å². The second-order valence-corrected chi connectivity index (χ2v) is 20.6. The number of phosphoric acid groups is 1. The first kappa shape index (κ1) is 40.2. The van der Waals surface area contributed by atoms with Crippen LogP contribution in [0.4, 0.5) is 11.8 Å². The maximum atomic E-state index is 15.0. The average Bonchev–Trinajstić information content (AvgIpc) is 3.44. The number of methoxy groups -OCH3 is 1. The molecule has 23 nitrogen and oxygen atoms in total. The number of nitrogen functional groups attached to an aromatic ring is 2. The second-order valence-electron chi connectivity index (χ2n) is 15.1. The summed E-state index contributed by atoms with van der Waals surface area (Å²) in [7, 11) is -3.21. The van der Waals surface area contributed by atoms with Gasteiger partial charge in [-0.05, 0) is 40.0 Å². The molecule has 2 bridgehead atoms. The van der Waals surface area contributed by atoms with Crippen molar-refractivity contribution in [2.45, 2.75) is 76.9 Å². The third-order valence-corrected chi connectivity index (χ3v) is 15.3. The number of carbonyl (C=O) groups excluding carboxylic acids is 1. The van der Waals surface area contributed by atoms with Crippen molar-refractivity contribution in [2.75, 3.05) is 44.3 Å². The number of nitrogens with two attached hydrogens (primary N) is 2. The van der Waals surface area contributed by atoms with Crippen molar-refractivity contribution < 1.29 is 55.9 Å². The van der Waals surface area contributed by atoms with E-state index in [-0.39, 0.29) is 36.1 Å². The highest BCUT2D eigenvalue weighted by Gasteiger charge is 2.74. The molecular formula is C31H42N10O13P2S. The third-order valence-electron chi connectivity index (χ3n) is 10.5. The number of aromatic amines is 1. The Morgan fingerprint density at radius 2 is 1.86 bits per heavy atom. The lowest BCUT2D eigenvalue weighted by molar-refractivity contribution is -0.150. The van der Waals surface area contributed by atoms with Gasteiger partial charge in [0.1, 0.15) is 48.3 Å². The number of fused-ring (bicyclic) bond motifs is 4. The highest BCUT2D eigenvalue weighted by atomic mass is 32.7. The van der Waals surface area contributed by atoms with E-state index >= 15 is 0 Å². The SMILES string of the molecule is CCO[P@]1(=O)OCC23C[C@@H]2[C@@H](n2cnc4c(N)ncnc42)[C@H](O)[C@@H]3O[P@@](=O)(SCOC(=O)C(C)(C)C)OC[C@H]2O[C@@H](n3cnc4c(=O)[nH]c(N)nc43)[C@H](O1)[C@@H]2OC. The Labute approximate surface area is 327 Å². The molecule has 8 rings (SSSR count). The summed E-state index contributed by atoms with van der Waals surface area (Å²) in [4.78, 5) is 48.9. The van der Waals surface area contributed by atoms with E-state index in [1.165, 1.54) is 30.7 Å². The monoisotopic (exact) mass is 856 g/mol. The Morgan fingerprint density at radius 3 is 2.60 bits per heavy atom. The smallest absolute Gasteiger partial charge is 0.454 e. The van der Waals surface area contributed by atoms with Crippen LogP contribution in [0.2, 0.25) is 0 Å². The van der Waals surface area contributed by atoms with Crippen LogP contribution >= 0.6 is 26.0 Å². The minimum absolute atomic E-state index is 0.0114. The number of nitrogens with one attached hydrogen (secondary N) is 1. The van der Waals surface area contributed by atoms with Crippen LogP contribution in [0.1, 0.15) is 46.4 Å². The van der Waals surface area contributed by atoms with Gasteiger partial charge in [-0.15, -0.1) is 0 Å². The predicted molar refractivity (Wildman–Crippen MR) is 199 cm³/mol. The Hall–Kier alpha value is -3.54. The zero-order valence-corrected chi connectivity index (χ0v) is 33.9. The molecule has 26 heteroatoms. The maximum absolute atomic E-state index is 15.0. The molecule has 2 aliphatic carbocycles. The van der Waals surface area contributed by atoms with E-state index in [1.807, 2.05) is 0 Å². The third kappa shape index (κ3) is 7.07. The Balaban J connectivity index is 1.19. The zero-order valence-electron chi connectivity index (χ0n) is 31.3. The molecule has 2 saturated heterocycles. The molecule has 0 aromatic carbocycles. The summed E-state index contributed by atoms with van der Waals surface area (Å²) in [6, 6.07) is -0.769. The molecule has 4 aromatic rings. The van der Waals surface area contributed by atoms with Gasteiger partial charge >= 0.3 is 20.6 Å². The lowest BCUT2D eigenvalue weighted by Gasteiger charge is -2.32. The number of anilines is 2. The van der Waals surface area contributed by atoms with Gasteiger partial charge in [0.25, 0.3) is 5.56 Å². The summed E-state index contributed by atoms with van der Waals surface area (Å²) in [5.41, 5.74) is 9.90. The molecule has 11 atom stereocenters. The van der Waals surface area contributed by atoms with E-state index in [1.54, 1.807) is 32.3 Å². The van der Waals surface area contributed by atoms with Gasteiger partial charge in [-0.3, -0.25) is 41.8 Å². The molecule has 1 unspecified atom stereocenters. The first-order chi connectivity index (χ1) is 27.0. The number of aliphatic hydroxyl groups excluding tert-OH is 1. The maximum Gasteiger partial charge on any atom is 0.475 e. The van der Waals surface area contributed by atoms with E-state index in [0.29, 0.717) is 29.0 Å². The van der Waals surface area contributed by atoms with Crippen LogP contribution in [0.5, 0.6) is 0 Å². The van der Waals surface area contributed by atoms with E-state index in [2.05, 4.69) is 29.9 Å². The topological polar surface area (TPSA) is 304 Å². The number of hydrogen-bond acceptors (Lipinski definition) is 21. The standard InChI is InChI=1S/C31H42N10O13P2S/c1-6-49-55(45)51-9-31-7-14(31)18(40-11-36-16-23(32)34-10-35-24(16)40)19(42)22(31)54-56(46,57-13-48-28(44)30(2,3)4)50-8-15-20(47-5)21(53-55)27(52-15)41-12-37-17-25(41)38-29(33)39-26(17)43/h10-12,14-15,18-22,27,42H,6-9,13H2,1-5H3,(H2,32,34,35)(H3,33,38,39,43)/t14-,15-,18-,19+,20-,21-,22+,27-,31?,55-,56+/m1/s1. The van der Waals surface area contributed by atoms with Crippen molar-refractivity contribution in [3.05, 3.63) is 29.3 Å². The van der Waals surface area contributed by atoms with Crippen LogP contribution in [0.15, 0.2) is 23.8 Å². The van der Waals surface area contributed by atoms with Crippen molar-refractivity contribution in [3.63, 3.8) is 0 Å². The molecule has 6 N–H and O–H groups in total. The van der Waals surface area contributed by atoms with Crippen LogP contribution in [-0.2, 0) is 50.8 Å². The summed E-state index contributed by atoms with van der Waals surface area (Å²) in [5, 5.41) is 12.1. The highest BCUT2D eigenvalue weighted by molar-refractivity contribution is 8.55. The van der Waals surface area contributed by atoms with Crippen LogP contribution in [0.3, 0.4) is 0 Å². The highest BCUT2D eigenvalue weighted by Crippen LogP contribution is 2.74. The molecule has 57 heavy (non-hydrogen) atoms. The molecule has 6 heterocycles. The number of carbonyl (C=O) groups is 1. The lowest BCUT2D eigenvalue weighted by atomic mass is 9.98. The van der Waals surface area contributed by atoms with Crippen molar-refractivity contribution >= 4 is 66.1 Å². The molecule has 0 amide bonds. The van der Waals surface area contributed by atoms with Crippen molar-refractivity contribution in [1.82, 2.24) is 39.0 Å². The molecule has 4 aliphatic rings. The van der Waals surface area contributed by atoms with Gasteiger partial charge in [0.2, 0.25) is 5.95 Å². The summed E-state index contributed by atoms with van der Waals surface area (Å²) in [5.74, 6) is -1.51. The first-order valence-electron chi connectivity index (χ1n) is 17.9. The van der Waals surface area contributed by atoms with Gasteiger partial charge < -0.3 is 35.4 Å². The normalized spacial score (nSPS) is 35.6. The predicted octanol–water partition coefficient (Wildman–Crippen LogP) is 2.31. The van der Waals surface area contributed by atoms with Crippen molar-refractivity contribution in [2.24, 2.45) is 16.7 Å². The minimum atomic E-state index is -4.55. The molecule has 4 fully saturated rings. The number of hydrogen-bond donors (Lipinski definition) is 4. The molecule has 2 saturated carbocycles. The Kier molecular flexibility index (Phi) is 10.3. The number of phosphoric ester groups is 1. The van der Waals surface area contributed by atoms with E-state index in [4.69, 9.17) is 48.3 Å². The van der Waals surface area contributed by atoms with E-state index < -0.39 is 98.2 Å². The number of nitrogens with zero attached hydrogens (tertiary/aromatic N) is 7. The Morgan fingerprint density at radius 1 is 1.11 bits per heavy atom. The van der Waals surface area contributed by atoms with Crippen molar-refractivity contribution in [3.8, 4) is 0 Å². The van der Waals surface area contributed by atoms with Gasteiger partial charge in [-0.2, -0.15) is 4.98 Å². The molecular weight excluding hydrogens is 814 g/mol. The molecule has 0 radical (unpaired) electrons. The van der Waals surface area contributed by atoms with Crippen molar-refractivity contribution in [1.29, 1.82) is 0 Å². The fourth-order valence-electron chi connectivity index (χ4n) is 7.72. The second kappa shape index (κ2) is 14.6. The minimum Gasteiger partial charge on any atom is -0.454 e. The van der Waals surface area contributed by atoms with Crippen LogP contribution < -0.4 is 17.0 Å². The van der Waals surface area contributed by atoms with Gasteiger partial charge in [0.05, 0.1) is 43.9 Å². The van der Waals surface area contributed by atoms with Gasteiger partial charge in [0.15, 0.2) is 28.9 Å². The molecule has 1 spiro atoms. The fourth-order valence-corrected chi connectivity index (χ4v) is 12.0.